The zero-order valence-corrected chi connectivity index (χ0v) is 9.65. The fraction of sp³-hybridized carbons (Fsp3) is 0.300. The van der Waals surface area contributed by atoms with E-state index in [0.29, 0.717) is 18.8 Å². The summed E-state index contributed by atoms with van der Waals surface area (Å²) >= 11 is 2.19. The van der Waals surface area contributed by atoms with Gasteiger partial charge < -0.3 is 10.1 Å². The second-order valence-electron chi connectivity index (χ2n) is 3.22. The van der Waals surface area contributed by atoms with Crippen molar-refractivity contribution in [2.24, 2.45) is 0 Å². The van der Waals surface area contributed by atoms with Gasteiger partial charge in [0, 0.05) is 9.13 Å². The van der Waals surface area contributed by atoms with Crippen LogP contribution in [0, 0.1) is 3.57 Å². The minimum atomic E-state index is -0.0168. The summed E-state index contributed by atoms with van der Waals surface area (Å²) in [5.41, 5.74) is 0.712. The molecular formula is C10H10INO2. The third-order valence-corrected chi connectivity index (χ3v) is 2.73. The van der Waals surface area contributed by atoms with E-state index in [1.54, 1.807) is 0 Å². The second-order valence-corrected chi connectivity index (χ2v) is 4.46. The Hall–Kier alpha value is -0.620. The van der Waals surface area contributed by atoms with Gasteiger partial charge in [0.2, 0.25) is 0 Å². The van der Waals surface area contributed by atoms with Crippen LogP contribution in [0.1, 0.15) is 10.4 Å². The van der Waals surface area contributed by atoms with E-state index in [-0.39, 0.29) is 11.9 Å². The summed E-state index contributed by atoms with van der Waals surface area (Å²) in [7, 11) is 0. The number of carbonyl (C=O) groups is 1. The number of hydrogen-bond acceptors (Lipinski definition) is 2. The molecular weight excluding hydrogens is 293 g/mol. The minimum Gasteiger partial charge on any atom is -0.377 e. The Morgan fingerprint density at radius 1 is 1.50 bits per heavy atom. The van der Waals surface area contributed by atoms with Crippen molar-refractivity contribution in [3.05, 3.63) is 33.4 Å². The summed E-state index contributed by atoms with van der Waals surface area (Å²) in [5.74, 6) is -0.0168. The van der Waals surface area contributed by atoms with Gasteiger partial charge in [-0.25, -0.2) is 0 Å². The van der Waals surface area contributed by atoms with Crippen LogP contribution in [0.4, 0.5) is 0 Å². The van der Waals surface area contributed by atoms with E-state index in [1.807, 2.05) is 24.3 Å². The first-order valence-electron chi connectivity index (χ1n) is 4.40. The van der Waals surface area contributed by atoms with Crippen LogP contribution in [-0.2, 0) is 4.74 Å². The van der Waals surface area contributed by atoms with Gasteiger partial charge in [-0.15, -0.1) is 0 Å². The predicted molar refractivity (Wildman–Crippen MR) is 61.2 cm³/mol. The quantitative estimate of drug-likeness (QED) is 0.839. The van der Waals surface area contributed by atoms with E-state index in [9.17, 15) is 4.79 Å². The Kier molecular flexibility index (Phi) is 3.02. The standard InChI is InChI=1S/C10H10INO2/c11-8-3-1-2-7(4-8)10(13)12-9-5-14-6-9/h1-4,9H,5-6H2,(H,12,13). The molecule has 1 N–H and O–H groups in total. The van der Waals surface area contributed by atoms with Crippen molar-refractivity contribution in [1.82, 2.24) is 5.32 Å². The highest BCUT2D eigenvalue weighted by atomic mass is 127. The zero-order valence-electron chi connectivity index (χ0n) is 7.50. The van der Waals surface area contributed by atoms with Crippen molar-refractivity contribution in [2.45, 2.75) is 6.04 Å². The molecule has 0 saturated carbocycles. The average molecular weight is 303 g/mol. The van der Waals surface area contributed by atoms with Gasteiger partial charge in [0.15, 0.2) is 0 Å². The van der Waals surface area contributed by atoms with Crippen molar-refractivity contribution in [3.8, 4) is 0 Å². The molecule has 14 heavy (non-hydrogen) atoms. The molecule has 1 aromatic carbocycles. The highest BCUT2D eigenvalue weighted by Crippen LogP contribution is 2.08. The highest BCUT2D eigenvalue weighted by Gasteiger charge is 2.20. The Morgan fingerprint density at radius 2 is 2.29 bits per heavy atom. The number of halogens is 1. The predicted octanol–water partition coefficient (Wildman–Crippen LogP) is 1.42. The van der Waals surface area contributed by atoms with Crippen LogP contribution < -0.4 is 5.32 Å². The Bertz CT molecular complexity index is 350. The van der Waals surface area contributed by atoms with Gasteiger partial charge in [0.1, 0.15) is 0 Å². The summed E-state index contributed by atoms with van der Waals surface area (Å²) in [4.78, 5) is 11.6. The number of benzene rings is 1. The molecule has 2 rings (SSSR count). The van der Waals surface area contributed by atoms with E-state index >= 15 is 0 Å². The van der Waals surface area contributed by atoms with Crippen LogP contribution in [0.5, 0.6) is 0 Å². The normalized spacial score (nSPS) is 16.1. The van der Waals surface area contributed by atoms with Crippen LogP contribution in [0.15, 0.2) is 24.3 Å². The van der Waals surface area contributed by atoms with Crippen LogP contribution >= 0.6 is 22.6 Å². The largest absolute Gasteiger partial charge is 0.377 e. The number of carbonyl (C=O) groups excluding carboxylic acids is 1. The smallest absolute Gasteiger partial charge is 0.251 e. The molecule has 1 amide bonds. The van der Waals surface area contributed by atoms with Gasteiger partial charge in [-0.1, -0.05) is 6.07 Å². The van der Waals surface area contributed by atoms with Crippen molar-refractivity contribution < 1.29 is 9.53 Å². The number of amides is 1. The third kappa shape index (κ3) is 2.24. The average Bonchev–Trinajstić information content (AvgIpc) is 2.11. The van der Waals surface area contributed by atoms with Gasteiger partial charge >= 0.3 is 0 Å². The first-order valence-corrected chi connectivity index (χ1v) is 5.48. The van der Waals surface area contributed by atoms with Gasteiger partial charge in [0.25, 0.3) is 5.91 Å². The number of rotatable bonds is 2. The Balaban J connectivity index is 2.02. The zero-order chi connectivity index (χ0) is 9.97. The summed E-state index contributed by atoms with van der Waals surface area (Å²) in [6.45, 7) is 1.27. The molecule has 0 radical (unpaired) electrons. The summed E-state index contributed by atoms with van der Waals surface area (Å²) in [6, 6.07) is 7.73. The highest BCUT2D eigenvalue weighted by molar-refractivity contribution is 14.1. The van der Waals surface area contributed by atoms with Crippen molar-refractivity contribution in [3.63, 3.8) is 0 Å². The molecule has 0 spiro atoms. The second kappa shape index (κ2) is 4.27. The minimum absolute atomic E-state index is 0.0168. The number of nitrogens with one attached hydrogen (secondary N) is 1. The lowest BCUT2D eigenvalue weighted by Gasteiger charge is -2.26. The lowest BCUT2D eigenvalue weighted by Crippen LogP contribution is -2.48. The maximum atomic E-state index is 11.6. The molecule has 1 aliphatic heterocycles. The van der Waals surface area contributed by atoms with E-state index < -0.39 is 0 Å². The monoisotopic (exact) mass is 303 g/mol. The first-order chi connectivity index (χ1) is 6.75. The Labute approximate surface area is 96.0 Å². The molecule has 0 unspecified atom stereocenters. The molecule has 1 saturated heterocycles. The molecule has 4 heteroatoms. The van der Waals surface area contributed by atoms with Crippen LogP contribution in [0.2, 0.25) is 0 Å². The van der Waals surface area contributed by atoms with Gasteiger partial charge in [-0.05, 0) is 40.8 Å². The maximum Gasteiger partial charge on any atom is 0.251 e. The van der Waals surface area contributed by atoms with E-state index in [0.717, 1.165) is 3.57 Å². The van der Waals surface area contributed by atoms with Gasteiger partial charge in [-0.2, -0.15) is 0 Å². The molecule has 74 valence electrons. The molecule has 1 fully saturated rings. The first kappa shape index (κ1) is 9.92. The maximum absolute atomic E-state index is 11.6. The summed E-state index contributed by atoms with van der Waals surface area (Å²) in [6.07, 6.45) is 0. The molecule has 1 aliphatic rings. The molecule has 0 bridgehead atoms. The lowest BCUT2D eigenvalue weighted by atomic mass is 10.2. The molecule has 0 atom stereocenters. The summed E-state index contributed by atoms with van der Waals surface area (Å²) < 4.78 is 6.05. The van der Waals surface area contributed by atoms with Crippen molar-refractivity contribution >= 4 is 28.5 Å². The van der Waals surface area contributed by atoms with Crippen LogP contribution in [0.25, 0.3) is 0 Å². The van der Waals surface area contributed by atoms with E-state index in [2.05, 4.69) is 27.9 Å². The SMILES string of the molecule is O=C(NC1COC1)c1cccc(I)c1. The third-order valence-electron chi connectivity index (χ3n) is 2.06. The van der Waals surface area contributed by atoms with Crippen LogP contribution in [-0.4, -0.2) is 25.2 Å². The van der Waals surface area contributed by atoms with E-state index in [1.165, 1.54) is 0 Å². The van der Waals surface area contributed by atoms with Crippen LogP contribution in [0.3, 0.4) is 0 Å². The lowest BCUT2D eigenvalue weighted by molar-refractivity contribution is -0.00346. The number of hydrogen-bond donors (Lipinski definition) is 1. The molecule has 3 nitrogen and oxygen atoms in total. The van der Waals surface area contributed by atoms with Gasteiger partial charge in [-0.3, -0.25) is 4.79 Å². The summed E-state index contributed by atoms with van der Waals surface area (Å²) in [5, 5.41) is 2.89. The van der Waals surface area contributed by atoms with E-state index in [4.69, 9.17) is 4.74 Å². The van der Waals surface area contributed by atoms with Crippen molar-refractivity contribution in [1.29, 1.82) is 0 Å². The number of ether oxygens (including phenoxy) is 1. The molecule has 1 heterocycles. The Morgan fingerprint density at radius 3 is 2.86 bits per heavy atom. The fourth-order valence-corrected chi connectivity index (χ4v) is 1.76. The fourth-order valence-electron chi connectivity index (χ4n) is 1.22. The molecule has 0 aliphatic carbocycles. The molecule has 1 aromatic rings. The topological polar surface area (TPSA) is 38.3 Å². The van der Waals surface area contributed by atoms with Gasteiger partial charge in [0.05, 0.1) is 19.3 Å². The van der Waals surface area contributed by atoms with Crippen molar-refractivity contribution in [2.75, 3.05) is 13.2 Å². The molecule has 0 aromatic heterocycles.